The third-order valence-corrected chi connectivity index (χ3v) is 4.83. The van der Waals surface area contributed by atoms with E-state index in [2.05, 4.69) is 20.7 Å². The highest BCUT2D eigenvalue weighted by molar-refractivity contribution is 9.09. The quantitative estimate of drug-likeness (QED) is 0.704. The van der Waals surface area contributed by atoms with Gasteiger partial charge in [0.2, 0.25) is 0 Å². The van der Waals surface area contributed by atoms with Gasteiger partial charge in [0.1, 0.15) is 0 Å². The molecule has 1 heterocycles. The van der Waals surface area contributed by atoms with E-state index in [9.17, 15) is 8.42 Å². The van der Waals surface area contributed by atoms with Gasteiger partial charge < -0.3 is 4.74 Å². The molecule has 1 rings (SSSR count). The summed E-state index contributed by atoms with van der Waals surface area (Å²) in [6.45, 7) is 2.32. The van der Waals surface area contributed by atoms with Gasteiger partial charge in [-0.1, -0.05) is 15.9 Å². The van der Waals surface area contributed by atoms with Gasteiger partial charge in [-0.15, -0.1) is 0 Å². The summed E-state index contributed by atoms with van der Waals surface area (Å²) in [7, 11) is -1.62. The predicted molar refractivity (Wildman–Crippen MR) is 66.9 cm³/mol. The molecule has 1 fully saturated rings. The number of hydrogen-bond donors (Lipinski definition) is 1. The summed E-state index contributed by atoms with van der Waals surface area (Å²) in [5.41, 5.74) is 0. The molecule has 16 heavy (non-hydrogen) atoms. The number of hydrogen-bond acceptors (Lipinski definition) is 3. The van der Waals surface area contributed by atoms with Crippen LogP contribution in [0.3, 0.4) is 0 Å². The van der Waals surface area contributed by atoms with Crippen molar-refractivity contribution in [1.29, 1.82) is 0 Å². The Kier molecular flexibility index (Phi) is 6.20. The van der Waals surface area contributed by atoms with Crippen LogP contribution in [0.4, 0.5) is 0 Å². The first kappa shape index (κ1) is 14.4. The fraction of sp³-hybridized carbons (Fsp3) is 1.00. The predicted octanol–water partition coefficient (Wildman–Crippen LogP) is 0.717. The molecule has 0 radical (unpaired) electrons. The Hall–Kier alpha value is 0.310. The van der Waals surface area contributed by atoms with Gasteiger partial charge >= 0.3 is 0 Å². The van der Waals surface area contributed by atoms with Crippen molar-refractivity contribution in [2.75, 3.05) is 33.4 Å². The fourth-order valence-corrected chi connectivity index (χ4v) is 3.42. The Labute approximate surface area is 106 Å². The molecular weight excluding hydrogens is 296 g/mol. The van der Waals surface area contributed by atoms with Crippen LogP contribution in [-0.4, -0.2) is 50.9 Å². The number of ether oxygens (including phenoxy) is 1. The minimum absolute atomic E-state index is 0.193. The van der Waals surface area contributed by atoms with Gasteiger partial charge in [-0.3, -0.25) is 0 Å². The Bertz CT molecular complexity index is 291. The maximum Gasteiger partial charge on any atom is 0.279 e. The zero-order valence-corrected chi connectivity index (χ0v) is 11.9. The van der Waals surface area contributed by atoms with Crippen LogP contribution in [0.15, 0.2) is 0 Å². The first-order chi connectivity index (χ1) is 7.56. The molecule has 1 aliphatic rings. The average molecular weight is 315 g/mol. The molecule has 0 aromatic rings. The Morgan fingerprint density at radius 2 is 2.06 bits per heavy atom. The molecule has 96 valence electrons. The molecule has 0 aromatic heterocycles. The van der Waals surface area contributed by atoms with Crippen molar-refractivity contribution in [3.05, 3.63) is 0 Å². The maximum atomic E-state index is 11.7. The van der Waals surface area contributed by atoms with Crippen molar-refractivity contribution < 1.29 is 13.2 Å². The molecule has 0 aromatic carbocycles. The monoisotopic (exact) mass is 314 g/mol. The first-order valence-electron chi connectivity index (χ1n) is 5.44. The highest BCUT2D eigenvalue weighted by Gasteiger charge is 2.24. The van der Waals surface area contributed by atoms with E-state index in [4.69, 9.17) is 4.74 Å². The Morgan fingerprint density at radius 3 is 2.62 bits per heavy atom. The minimum atomic E-state index is -3.25. The summed E-state index contributed by atoms with van der Waals surface area (Å²) < 4.78 is 32.5. The number of methoxy groups -OCH3 is 1. The normalized spacial score (nSPS) is 20.1. The molecule has 0 aliphatic carbocycles. The lowest BCUT2D eigenvalue weighted by Crippen LogP contribution is -2.39. The smallest absolute Gasteiger partial charge is 0.279 e. The van der Waals surface area contributed by atoms with E-state index in [0.717, 1.165) is 19.3 Å². The number of halogens is 1. The van der Waals surface area contributed by atoms with Gasteiger partial charge in [-0.2, -0.15) is 12.7 Å². The molecular formula is C9H19BrN2O3S. The van der Waals surface area contributed by atoms with Gasteiger partial charge in [0, 0.05) is 31.6 Å². The summed E-state index contributed by atoms with van der Waals surface area (Å²) in [5.74, 6) is 0. The number of nitrogens with one attached hydrogen (secondary N) is 1. The van der Waals surface area contributed by atoms with Crippen LogP contribution < -0.4 is 4.72 Å². The van der Waals surface area contributed by atoms with E-state index < -0.39 is 10.2 Å². The standard InChI is InChI=1S/C9H19BrN2O3S/c1-15-8-9(10)4-5-11-16(13,14)12-6-2-3-7-12/h9,11H,2-8H2,1H3. The zero-order valence-electron chi connectivity index (χ0n) is 9.49. The molecule has 1 N–H and O–H groups in total. The van der Waals surface area contributed by atoms with Gasteiger partial charge in [0.15, 0.2) is 0 Å². The molecule has 0 spiro atoms. The van der Waals surface area contributed by atoms with Crippen LogP contribution >= 0.6 is 15.9 Å². The van der Waals surface area contributed by atoms with Gasteiger partial charge in [-0.05, 0) is 19.3 Å². The van der Waals surface area contributed by atoms with Crippen LogP contribution in [0, 0.1) is 0 Å². The van der Waals surface area contributed by atoms with Crippen molar-refractivity contribution in [2.24, 2.45) is 0 Å². The number of nitrogens with zero attached hydrogens (tertiary/aromatic N) is 1. The molecule has 1 aliphatic heterocycles. The lowest BCUT2D eigenvalue weighted by molar-refractivity contribution is 0.199. The van der Waals surface area contributed by atoms with Crippen molar-refractivity contribution in [3.8, 4) is 0 Å². The van der Waals surface area contributed by atoms with Gasteiger partial charge in [0.05, 0.1) is 6.61 Å². The number of alkyl halides is 1. The summed E-state index contributed by atoms with van der Waals surface area (Å²) in [5, 5.41) is 0. The second-order valence-corrected chi connectivity index (χ2v) is 6.90. The minimum Gasteiger partial charge on any atom is -0.384 e. The summed E-state index contributed by atoms with van der Waals surface area (Å²) in [4.78, 5) is 0.193. The number of rotatable bonds is 7. The second kappa shape index (κ2) is 6.90. The molecule has 0 bridgehead atoms. The SMILES string of the molecule is COCC(Br)CCNS(=O)(=O)N1CCCC1. The highest BCUT2D eigenvalue weighted by atomic mass is 79.9. The molecule has 1 atom stereocenters. The van der Waals surface area contributed by atoms with Crippen LogP contribution in [0.5, 0.6) is 0 Å². The average Bonchev–Trinajstić information content (AvgIpc) is 2.71. The van der Waals surface area contributed by atoms with Crippen LogP contribution in [-0.2, 0) is 14.9 Å². The van der Waals surface area contributed by atoms with Gasteiger partial charge in [0.25, 0.3) is 10.2 Å². The zero-order chi connectivity index (χ0) is 12.0. The van der Waals surface area contributed by atoms with Gasteiger partial charge in [-0.25, -0.2) is 4.72 Å². The van der Waals surface area contributed by atoms with Crippen LogP contribution in [0.1, 0.15) is 19.3 Å². The lowest BCUT2D eigenvalue weighted by Gasteiger charge is -2.16. The van der Waals surface area contributed by atoms with E-state index in [1.807, 2.05) is 0 Å². The van der Waals surface area contributed by atoms with Crippen molar-refractivity contribution in [3.63, 3.8) is 0 Å². The van der Waals surface area contributed by atoms with E-state index in [1.165, 1.54) is 4.31 Å². The van der Waals surface area contributed by atoms with Crippen LogP contribution in [0.25, 0.3) is 0 Å². The Balaban J connectivity index is 2.25. The molecule has 5 nitrogen and oxygen atoms in total. The van der Waals surface area contributed by atoms with E-state index in [0.29, 0.717) is 26.2 Å². The highest BCUT2D eigenvalue weighted by Crippen LogP contribution is 2.11. The van der Waals surface area contributed by atoms with E-state index in [-0.39, 0.29) is 4.83 Å². The van der Waals surface area contributed by atoms with Crippen LogP contribution in [0.2, 0.25) is 0 Å². The van der Waals surface area contributed by atoms with E-state index in [1.54, 1.807) is 7.11 Å². The maximum absolute atomic E-state index is 11.7. The topological polar surface area (TPSA) is 58.6 Å². The molecule has 0 amide bonds. The summed E-state index contributed by atoms with van der Waals surface area (Å²) in [6.07, 6.45) is 2.65. The van der Waals surface area contributed by atoms with Crippen molar-refractivity contribution >= 4 is 26.1 Å². The second-order valence-electron chi connectivity index (χ2n) is 3.85. The van der Waals surface area contributed by atoms with Crippen molar-refractivity contribution in [2.45, 2.75) is 24.1 Å². The molecule has 7 heteroatoms. The third kappa shape index (κ3) is 4.67. The Morgan fingerprint density at radius 1 is 1.44 bits per heavy atom. The molecule has 1 unspecified atom stereocenters. The van der Waals surface area contributed by atoms with E-state index >= 15 is 0 Å². The third-order valence-electron chi connectivity index (χ3n) is 2.49. The molecule has 0 saturated carbocycles. The largest absolute Gasteiger partial charge is 0.384 e. The summed E-state index contributed by atoms with van der Waals surface area (Å²) in [6, 6.07) is 0. The van der Waals surface area contributed by atoms with Crippen molar-refractivity contribution in [1.82, 2.24) is 9.03 Å². The lowest BCUT2D eigenvalue weighted by atomic mass is 10.3. The fourth-order valence-electron chi connectivity index (χ4n) is 1.63. The molecule has 1 saturated heterocycles. The summed E-state index contributed by atoms with van der Waals surface area (Å²) >= 11 is 3.42. The first-order valence-corrected chi connectivity index (χ1v) is 7.79.